The average molecular weight is 478 g/mol. The molecule has 0 aliphatic carbocycles. The van der Waals surface area contributed by atoms with Gasteiger partial charge in [-0.1, -0.05) is 11.6 Å². The molecule has 0 atom stereocenters. The van der Waals surface area contributed by atoms with E-state index in [2.05, 4.69) is 9.88 Å². The fraction of sp³-hybridized carbons (Fsp3) is 0.318. The third-order valence-electron chi connectivity index (χ3n) is 5.36. The van der Waals surface area contributed by atoms with Crippen LogP contribution in [0.2, 0.25) is 5.02 Å². The zero-order valence-electron chi connectivity index (χ0n) is 17.8. The maximum atomic E-state index is 13.2. The van der Waals surface area contributed by atoms with E-state index in [1.807, 2.05) is 12.1 Å². The van der Waals surface area contributed by atoms with Gasteiger partial charge in [-0.25, -0.2) is 13.4 Å². The molecule has 2 aromatic carbocycles. The van der Waals surface area contributed by atoms with Crippen molar-refractivity contribution >= 4 is 21.6 Å². The molecule has 32 heavy (non-hydrogen) atoms. The number of oxazole rings is 1. The number of piperazine rings is 1. The normalized spacial score (nSPS) is 15.6. The summed E-state index contributed by atoms with van der Waals surface area (Å²) in [7, 11) is -0.767. The minimum absolute atomic E-state index is 0.105. The Morgan fingerprint density at radius 2 is 1.75 bits per heavy atom. The predicted molar refractivity (Wildman–Crippen MR) is 121 cm³/mol. The van der Waals surface area contributed by atoms with E-state index in [4.69, 9.17) is 25.5 Å². The molecule has 0 unspecified atom stereocenters. The van der Waals surface area contributed by atoms with Crippen LogP contribution in [0.3, 0.4) is 0 Å². The van der Waals surface area contributed by atoms with E-state index in [1.165, 1.54) is 24.6 Å². The van der Waals surface area contributed by atoms with Crippen molar-refractivity contribution in [1.29, 1.82) is 0 Å². The summed E-state index contributed by atoms with van der Waals surface area (Å²) < 4.78 is 44.2. The molecule has 10 heteroatoms. The summed E-state index contributed by atoms with van der Waals surface area (Å²) in [5.41, 5.74) is 0.899. The number of sulfonamides is 1. The van der Waals surface area contributed by atoms with Crippen molar-refractivity contribution in [3.05, 3.63) is 59.6 Å². The van der Waals surface area contributed by atoms with E-state index >= 15 is 0 Å². The lowest BCUT2D eigenvalue weighted by molar-refractivity contribution is 0.168. The van der Waals surface area contributed by atoms with Gasteiger partial charge in [-0.05, 0) is 36.4 Å². The van der Waals surface area contributed by atoms with E-state index in [9.17, 15) is 8.42 Å². The second-order valence-electron chi connectivity index (χ2n) is 7.32. The Balaban J connectivity index is 1.41. The van der Waals surface area contributed by atoms with Crippen LogP contribution in [0.15, 0.2) is 58.0 Å². The van der Waals surface area contributed by atoms with E-state index in [1.54, 1.807) is 30.5 Å². The van der Waals surface area contributed by atoms with Gasteiger partial charge in [0.15, 0.2) is 5.76 Å². The molecule has 4 rings (SSSR count). The zero-order chi connectivity index (χ0) is 22.7. The first-order chi connectivity index (χ1) is 15.4. The van der Waals surface area contributed by atoms with Crippen molar-refractivity contribution < 1.29 is 22.3 Å². The molecule has 1 fully saturated rings. The Labute approximate surface area is 192 Å². The molecule has 1 aliphatic rings. The fourth-order valence-electron chi connectivity index (χ4n) is 3.57. The maximum absolute atomic E-state index is 13.2. The molecule has 8 nitrogen and oxygen atoms in total. The summed E-state index contributed by atoms with van der Waals surface area (Å²) in [6.07, 6.45) is 1.69. The van der Waals surface area contributed by atoms with Crippen molar-refractivity contribution in [2.75, 3.05) is 40.4 Å². The van der Waals surface area contributed by atoms with Gasteiger partial charge in [0.25, 0.3) is 0 Å². The number of hydrogen-bond donors (Lipinski definition) is 0. The van der Waals surface area contributed by atoms with Crippen molar-refractivity contribution in [2.24, 2.45) is 0 Å². The smallest absolute Gasteiger partial charge is 0.246 e. The highest BCUT2D eigenvalue weighted by Gasteiger charge is 2.31. The van der Waals surface area contributed by atoms with Crippen molar-refractivity contribution in [3.63, 3.8) is 0 Å². The quantitative estimate of drug-likeness (QED) is 0.514. The van der Waals surface area contributed by atoms with Crippen LogP contribution < -0.4 is 9.47 Å². The van der Waals surface area contributed by atoms with Crippen LogP contribution in [0.25, 0.3) is 11.3 Å². The van der Waals surface area contributed by atoms with Gasteiger partial charge in [0.05, 0.1) is 27.0 Å². The first-order valence-electron chi connectivity index (χ1n) is 10.1. The number of nitrogens with zero attached hydrogens (tertiary/aromatic N) is 3. The lowest BCUT2D eigenvalue weighted by Crippen LogP contribution is -2.48. The number of halogens is 1. The molecule has 0 saturated carbocycles. The van der Waals surface area contributed by atoms with Crippen LogP contribution in [-0.2, 0) is 16.6 Å². The fourth-order valence-corrected chi connectivity index (χ4v) is 5.29. The molecular formula is C22H24ClN3O5S. The van der Waals surface area contributed by atoms with E-state index < -0.39 is 10.0 Å². The monoisotopic (exact) mass is 477 g/mol. The summed E-state index contributed by atoms with van der Waals surface area (Å²) >= 11 is 5.94. The Morgan fingerprint density at radius 3 is 2.41 bits per heavy atom. The SMILES string of the molecule is COc1ccc(OC)c(S(=O)(=O)N2CCN(Cc3ncc(-c4ccc(Cl)cc4)o3)CC2)c1. The average Bonchev–Trinajstić information content (AvgIpc) is 3.28. The van der Waals surface area contributed by atoms with E-state index in [0.717, 1.165) is 5.56 Å². The summed E-state index contributed by atoms with van der Waals surface area (Å²) in [6, 6.07) is 12.1. The lowest BCUT2D eigenvalue weighted by atomic mass is 10.2. The summed E-state index contributed by atoms with van der Waals surface area (Å²) in [6.45, 7) is 2.33. The minimum atomic E-state index is -3.72. The third kappa shape index (κ3) is 4.75. The van der Waals surface area contributed by atoms with Crippen LogP contribution in [0.1, 0.15) is 5.89 Å². The Bertz CT molecular complexity index is 1170. The van der Waals surface area contributed by atoms with Crippen molar-refractivity contribution in [1.82, 2.24) is 14.2 Å². The van der Waals surface area contributed by atoms with E-state index in [-0.39, 0.29) is 4.90 Å². The largest absolute Gasteiger partial charge is 0.497 e. The minimum Gasteiger partial charge on any atom is -0.497 e. The van der Waals surface area contributed by atoms with E-state index in [0.29, 0.717) is 60.9 Å². The Morgan fingerprint density at radius 1 is 1.03 bits per heavy atom. The molecule has 1 saturated heterocycles. The molecule has 0 bridgehead atoms. The molecule has 170 valence electrons. The maximum Gasteiger partial charge on any atom is 0.246 e. The number of aromatic nitrogens is 1. The molecule has 2 heterocycles. The number of ether oxygens (including phenoxy) is 2. The zero-order valence-corrected chi connectivity index (χ0v) is 19.4. The van der Waals surface area contributed by atoms with Crippen LogP contribution in [0.5, 0.6) is 11.5 Å². The van der Waals surface area contributed by atoms with Crippen LogP contribution in [0.4, 0.5) is 0 Å². The van der Waals surface area contributed by atoms with Gasteiger partial charge < -0.3 is 13.9 Å². The molecule has 1 aliphatic heterocycles. The first kappa shape index (κ1) is 22.6. The highest BCUT2D eigenvalue weighted by molar-refractivity contribution is 7.89. The number of hydrogen-bond acceptors (Lipinski definition) is 7. The highest BCUT2D eigenvalue weighted by atomic mass is 35.5. The van der Waals surface area contributed by atoms with Gasteiger partial charge in [-0.2, -0.15) is 4.31 Å². The number of methoxy groups -OCH3 is 2. The Kier molecular flexibility index (Phi) is 6.71. The predicted octanol–water partition coefficient (Wildman–Crippen LogP) is 3.52. The molecule has 0 amide bonds. The topological polar surface area (TPSA) is 85.1 Å². The van der Waals surface area contributed by atoms with Gasteiger partial charge in [-0.15, -0.1) is 0 Å². The summed E-state index contributed by atoms with van der Waals surface area (Å²) in [5, 5.41) is 0.660. The highest BCUT2D eigenvalue weighted by Crippen LogP contribution is 2.31. The van der Waals surface area contributed by atoms with Gasteiger partial charge in [0, 0.05) is 42.8 Å². The lowest BCUT2D eigenvalue weighted by Gasteiger charge is -2.33. The van der Waals surface area contributed by atoms with Crippen molar-refractivity contribution in [2.45, 2.75) is 11.4 Å². The van der Waals surface area contributed by atoms with Gasteiger partial charge in [0.2, 0.25) is 15.9 Å². The van der Waals surface area contributed by atoms with Gasteiger partial charge in [-0.3, -0.25) is 4.90 Å². The molecular weight excluding hydrogens is 454 g/mol. The summed E-state index contributed by atoms with van der Waals surface area (Å²) in [4.78, 5) is 6.58. The molecule has 0 spiro atoms. The van der Waals surface area contributed by atoms with Gasteiger partial charge in [0.1, 0.15) is 16.4 Å². The van der Waals surface area contributed by atoms with Crippen molar-refractivity contribution in [3.8, 4) is 22.8 Å². The first-order valence-corrected chi connectivity index (χ1v) is 11.9. The molecule has 0 N–H and O–H groups in total. The molecule has 1 aromatic heterocycles. The second-order valence-corrected chi connectivity index (χ2v) is 9.66. The van der Waals surface area contributed by atoms with Crippen LogP contribution >= 0.6 is 11.6 Å². The number of benzene rings is 2. The Hall–Kier alpha value is -2.59. The molecule has 3 aromatic rings. The molecule has 0 radical (unpaired) electrons. The van der Waals surface area contributed by atoms with Crippen LogP contribution in [-0.4, -0.2) is 63.0 Å². The van der Waals surface area contributed by atoms with Gasteiger partial charge >= 0.3 is 0 Å². The second kappa shape index (κ2) is 9.50. The standard InChI is InChI=1S/C22H24ClN3O5S/c1-29-18-7-8-19(30-2)21(13-18)32(27,28)26-11-9-25(10-12-26)15-22-24-14-20(31-22)16-3-5-17(23)6-4-16/h3-8,13-14H,9-12,15H2,1-2H3. The third-order valence-corrected chi connectivity index (χ3v) is 7.53. The summed E-state index contributed by atoms with van der Waals surface area (Å²) in [5.74, 6) is 2.01. The number of rotatable bonds is 7. The van der Waals surface area contributed by atoms with Crippen LogP contribution in [0, 0.1) is 0 Å².